The Morgan fingerprint density at radius 2 is 2.10 bits per heavy atom. The van der Waals surface area contributed by atoms with Crippen LogP contribution in [0, 0.1) is 0 Å². The third-order valence-corrected chi connectivity index (χ3v) is 3.25. The van der Waals surface area contributed by atoms with Crippen LogP contribution >= 0.6 is 0 Å². The lowest BCUT2D eigenvalue weighted by Gasteiger charge is -2.22. The first-order valence-corrected chi connectivity index (χ1v) is 6.51. The van der Waals surface area contributed by atoms with E-state index in [-0.39, 0.29) is 11.7 Å². The van der Waals surface area contributed by atoms with Gasteiger partial charge in [-0.1, -0.05) is 12.1 Å². The molecule has 0 atom stereocenters. The third kappa shape index (κ3) is 2.18. The van der Waals surface area contributed by atoms with Crippen LogP contribution in [0.25, 0.3) is 0 Å². The number of carbonyl (C=O) groups excluding carboxylic acids is 1. The summed E-state index contributed by atoms with van der Waals surface area (Å²) in [6, 6.07) is 10.9. The zero-order valence-corrected chi connectivity index (χ0v) is 11.0. The molecule has 1 aliphatic rings. The van der Waals surface area contributed by atoms with Crippen LogP contribution in [0.3, 0.4) is 0 Å². The van der Waals surface area contributed by atoms with Crippen LogP contribution in [-0.4, -0.2) is 24.0 Å². The number of fused-ring (bicyclic) bond motifs is 1. The molecule has 0 saturated carbocycles. The maximum absolute atomic E-state index is 12.7. The summed E-state index contributed by atoms with van der Waals surface area (Å²) in [5.74, 6) is 0.828. The molecule has 1 amide bonds. The summed E-state index contributed by atoms with van der Waals surface area (Å²) < 4.78 is 5.65. The highest BCUT2D eigenvalue weighted by Gasteiger charge is 2.24. The number of nitrogens with two attached hydrogens (primary N) is 1. The quantitative estimate of drug-likeness (QED) is 0.860. The maximum atomic E-state index is 12.7. The number of hydrogen-bond acceptors (Lipinski definition) is 4. The number of anilines is 2. The van der Waals surface area contributed by atoms with E-state index in [4.69, 9.17) is 10.5 Å². The van der Waals surface area contributed by atoms with Crippen LogP contribution < -0.4 is 15.4 Å². The molecule has 2 N–H and O–H groups in total. The summed E-state index contributed by atoms with van der Waals surface area (Å²) in [7, 11) is 0. The van der Waals surface area contributed by atoms with E-state index in [2.05, 4.69) is 4.98 Å². The van der Waals surface area contributed by atoms with Gasteiger partial charge in [-0.05, 0) is 30.7 Å². The van der Waals surface area contributed by atoms with Crippen LogP contribution in [-0.2, 0) is 0 Å². The average molecular weight is 269 g/mol. The lowest BCUT2D eigenvalue weighted by atomic mass is 10.2. The number of ether oxygens (including phenoxy) is 1. The van der Waals surface area contributed by atoms with E-state index in [0.717, 1.165) is 17.9 Å². The molecule has 0 bridgehead atoms. The number of amides is 1. The highest BCUT2D eigenvalue weighted by atomic mass is 16.5. The first-order valence-electron chi connectivity index (χ1n) is 6.51. The summed E-state index contributed by atoms with van der Waals surface area (Å²) in [5.41, 5.74) is 6.99. The number of benzene rings is 1. The molecule has 20 heavy (non-hydrogen) atoms. The van der Waals surface area contributed by atoms with E-state index in [1.165, 1.54) is 0 Å². The van der Waals surface area contributed by atoms with Crippen molar-refractivity contribution in [3.05, 3.63) is 48.2 Å². The standard InChI is InChI=1S/C15H15N3O2/c16-14-11(5-3-8-17-14)15(19)18-9-4-10-20-13-7-2-1-6-12(13)18/h1-3,5-8H,4,9-10H2,(H2,16,17). The summed E-state index contributed by atoms with van der Waals surface area (Å²) in [6.45, 7) is 1.20. The highest BCUT2D eigenvalue weighted by molar-refractivity contribution is 6.09. The lowest BCUT2D eigenvalue weighted by Crippen LogP contribution is -2.32. The Bertz CT molecular complexity index is 643. The molecule has 0 spiro atoms. The molecule has 102 valence electrons. The molecule has 2 aromatic rings. The van der Waals surface area contributed by atoms with E-state index < -0.39 is 0 Å². The fraction of sp³-hybridized carbons (Fsp3) is 0.200. The molecule has 0 saturated heterocycles. The van der Waals surface area contributed by atoms with Gasteiger partial charge in [0.25, 0.3) is 5.91 Å². The van der Waals surface area contributed by atoms with Crippen molar-refractivity contribution in [3.8, 4) is 5.75 Å². The Morgan fingerprint density at radius 3 is 2.95 bits per heavy atom. The summed E-state index contributed by atoms with van der Waals surface area (Å²) in [6.07, 6.45) is 2.35. The van der Waals surface area contributed by atoms with Gasteiger partial charge in [0.2, 0.25) is 0 Å². The zero-order valence-electron chi connectivity index (χ0n) is 11.0. The van der Waals surface area contributed by atoms with Crippen LogP contribution in [0.2, 0.25) is 0 Å². The van der Waals surface area contributed by atoms with Crippen molar-refractivity contribution >= 4 is 17.4 Å². The number of pyridine rings is 1. The topological polar surface area (TPSA) is 68.5 Å². The Balaban J connectivity index is 2.02. The van der Waals surface area contributed by atoms with Crippen molar-refractivity contribution in [2.45, 2.75) is 6.42 Å². The molecule has 1 aromatic heterocycles. The van der Waals surface area contributed by atoms with Gasteiger partial charge in [-0.15, -0.1) is 0 Å². The van der Waals surface area contributed by atoms with Gasteiger partial charge < -0.3 is 15.4 Å². The fourth-order valence-electron chi connectivity index (χ4n) is 2.28. The van der Waals surface area contributed by atoms with Gasteiger partial charge in [0.05, 0.1) is 17.9 Å². The molecular formula is C15H15N3O2. The van der Waals surface area contributed by atoms with Crippen LogP contribution in [0.4, 0.5) is 11.5 Å². The molecule has 5 nitrogen and oxygen atoms in total. The van der Waals surface area contributed by atoms with Crippen molar-refractivity contribution in [3.63, 3.8) is 0 Å². The first kappa shape index (κ1) is 12.5. The third-order valence-electron chi connectivity index (χ3n) is 3.25. The Morgan fingerprint density at radius 1 is 1.25 bits per heavy atom. The molecule has 1 aliphatic heterocycles. The monoisotopic (exact) mass is 269 g/mol. The van der Waals surface area contributed by atoms with Gasteiger partial charge in [0.1, 0.15) is 11.6 Å². The second kappa shape index (κ2) is 5.21. The van der Waals surface area contributed by atoms with Gasteiger partial charge in [-0.25, -0.2) is 4.98 Å². The van der Waals surface area contributed by atoms with Gasteiger partial charge in [0.15, 0.2) is 0 Å². The zero-order chi connectivity index (χ0) is 13.9. The Kier molecular flexibility index (Phi) is 3.25. The smallest absolute Gasteiger partial charge is 0.262 e. The van der Waals surface area contributed by atoms with Gasteiger partial charge in [-0.2, -0.15) is 0 Å². The van der Waals surface area contributed by atoms with E-state index >= 15 is 0 Å². The summed E-state index contributed by atoms with van der Waals surface area (Å²) >= 11 is 0. The van der Waals surface area contributed by atoms with Gasteiger partial charge >= 0.3 is 0 Å². The number of nitrogen functional groups attached to an aromatic ring is 1. The van der Waals surface area contributed by atoms with E-state index in [1.807, 2.05) is 24.3 Å². The van der Waals surface area contributed by atoms with Crippen molar-refractivity contribution in [1.82, 2.24) is 4.98 Å². The minimum atomic E-state index is -0.145. The van der Waals surface area contributed by atoms with E-state index in [1.54, 1.807) is 23.2 Å². The van der Waals surface area contributed by atoms with Crippen molar-refractivity contribution in [1.29, 1.82) is 0 Å². The average Bonchev–Trinajstić information content (AvgIpc) is 2.69. The molecule has 1 aromatic carbocycles. The van der Waals surface area contributed by atoms with Gasteiger partial charge in [-0.3, -0.25) is 4.79 Å². The van der Waals surface area contributed by atoms with Crippen LogP contribution in [0.15, 0.2) is 42.6 Å². The summed E-state index contributed by atoms with van der Waals surface area (Å²) in [4.78, 5) is 18.4. The van der Waals surface area contributed by atoms with Crippen molar-refractivity contribution in [2.75, 3.05) is 23.8 Å². The van der Waals surface area contributed by atoms with Crippen molar-refractivity contribution < 1.29 is 9.53 Å². The number of para-hydroxylation sites is 2. The van der Waals surface area contributed by atoms with E-state index in [9.17, 15) is 4.79 Å². The van der Waals surface area contributed by atoms with Gasteiger partial charge in [0, 0.05) is 12.7 Å². The fourth-order valence-corrected chi connectivity index (χ4v) is 2.28. The minimum absolute atomic E-state index is 0.145. The Hall–Kier alpha value is -2.56. The Labute approximate surface area is 117 Å². The van der Waals surface area contributed by atoms with Crippen molar-refractivity contribution in [2.24, 2.45) is 0 Å². The number of hydrogen-bond donors (Lipinski definition) is 1. The SMILES string of the molecule is Nc1ncccc1C(=O)N1CCCOc2ccccc21. The first-order chi connectivity index (χ1) is 9.77. The number of nitrogens with zero attached hydrogens (tertiary/aromatic N) is 2. The minimum Gasteiger partial charge on any atom is -0.491 e. The predicted octanol–water partition coefficient (Wildman–Crippen LogP) is 2.09. The molecule has 3 rings (SSSR count). The second-order valence-electron chi connectivity index (χ2n) is 4.56. The largest absolute Gasteiger partial charge is 0.491 e. The number of carbonyl (C=O) groups is 1. The normalized spacial score (nSPS) is 14.1. The molecule has 5 heteroatoms. The molecule has 0 radical (unpaired) electrons. The van der Waals surface area contributed by atoms with Crippen LogP contribution in [0.1, 0.15) is 16.8 Å². The summed E-state index contributed by atoms with van der Waals surface area (Å²) in [5, 5.41) is 0. The van der Waals surface area contributed by atoms with Crippen LogP contribution in [0.5, 0.6) is 5.75 Å². The lowest BCUT2D eigenvalue weighted by molar-refractivity contribution is 0.0988. The highest BCUT2D eigenvalue weighted by Crippen LogP contribution is 2.31. The molecule has 0 unspecified atom stereocenters. The predicted molar refractivity (Wildman–Crippen MR) is 76.9 cm³/mol. The molecular weight excluding hydrogens is 254 g/mol. The van der Waals surface area contributed by atoms with E-state index in [0.29, 0.717) is 18.7 Å². The second-order valence-corrected chi connectivity index (χ2v) is 4.56. The molecule has 0 fully saturated rings. The number of rotatable bonds is 1. The molecule has 0 aliphatic carbocycles. The maximum Gasteiger partial charge on any atom is 0.262 e. The molecule has 2 heterocycles. The number of aromatic nitrogens is 1.